The van der Waals surface area contributed by atoms with Gasteiger partial charge in [0.2, 0.25) is 6.41 Å². The fourth-order valence-electron chi connectivity index (χ4n) is 2.34. The molecule has 2 rings (SSSR count). The number of hydrogen-bond donors (Lipinski definition) is 1. The third-order valence-corrected chi connectivity index (χ3v) is 3.82. The van der Waals surface area contributed by atoms with Gasteiger partial charge in [0.1, 0.15) is 11.9 Å². The first-order valence-corrected chi connectivity index (χ1v) is 6.72. The summed E-state index contributed by atoms with van der Waals surface area (Å²) in [4.78, 5) is 12.5. The summed E-state index contributed by atoms with van der Waals surface area (Å²) in [7, 11) is 0. The van der Waals surface area contributed by atoms with Crippen LogP contribution in [0.5, 0.6) is 5.75 Å². The van der Waals surface area contributed by atoms with E-state index in [1.165, 1.54) is 5.56 Å². The van der Waals surface area contributed by atoms with Crippen molar-refractivity contribution in [3.05, 3.63) is 29.3 Å². The molecule has 1 aliphatic heterocycles. The maximum Gasteiger partial charge on any atom is 0.209 e. The highest BCUT2D eigenvalue weighted by Crippen LogP contribution is 2.24. The Balaban J connectivity index is 2.09. The Labute approximate surface area is 114 Å². The number of aliphatic hydroxyl groups excluding tert-OH is 1. The smallest absolute Gasteiger partial charge is 0.209 e. The van der Waals surface area contributed by atoms with Crippen LogP contribution in [-0.4, -0.2) is 41.7 Å². The number of carbonyl (C=O) groups is 1. The number of ether oxygens (including phenoxy) is 1. The van der Waals surface area contributed by atoms with E-state index in [1.807, 2.05) is 32.0 Å². The second-order valence-electron chi connectivity index (χ2n) is 5.14. The zero-order valence-corrected chi connectivity index (χ0v) is 11.5. The maximum atomic E-state index is 10.8. The average molecular weight is 263 g/mol. The molecule has 0 spiro atoms. The first kappa shape index (κ1) is 13.9. The topological polar surface area (TPSA) is 49.8 Å². The molecule has 1 fully saturated rings. The number of rotatable bonds is 3. The molecule has 2 atom stereocenters. The zero-order chi connectivity index (χ0) is 13.8. The van der Waals surface area contributed by atoms with Gasteiger partial charge in [0.15, 0.2) is 0 Å². The van der Waals surface area contributed by atoms with Crippen molar-refractivity contribution in [2.24, 2.45) is 0 Å². The second-order valence-corrected chi connectivity index (χ2v) is 5.14. The maximum absolute atomic E-state index is 10.8. The summed E-state index contributed by atoms with van der Waals surface area (Å²) in [5, 5.41) is 10.1. The molecular formula is C15H21NO3. The molecule has 1 aromatic carbocycles. The first-order valence-electron chi connectivity index (χ1n) is 6.72. The molecule has 0 aliphatic carbocycles. The summed E-state index contributed by atoms with van der Waals surface area (Å²) in [6.45, 7) is 5.29. The predicted octanol–water partition coefficient (Wildman–Crippen LogP) is 1.66. The van der Waals surface area contributed by atoms with Crippen LogP contribution in [0.25, 0.3) is 0 Å². The Kier molecular flexibility index (Phi) is 4.43. The highest BCUT2D eigenvalue weighted by Gasteiger charge is 2.26. The van der Waals surface area contributed by atoms with Gasteiger partial charge in [0, 0.05) is 19.5 Å². The van der Waals surface area contributed by atoms with Crippen molar-refractivity contribution < 1.29 is 14.6 Å². The molecule has 0 saturated carbocycles. The van der Waals surface area contributed by atoms with Crippen LogP contribution in [0.15, 0.2) is 18.2 Å². The lowest BCUT2D eigenvalue weighted by Gasteiger charge is -2.23. The lowest BCUT2D eigenvalue weighted by atomic mass is 10.1. The van der Waals surface area contributed by atoms with Gasteiger partial charge in [0.25, 0.3) is 0 Å². The van der Waals surface area contributed by atoms with Gasteiger partial charge in [-0.05, 0) is 37.5 Å². The molecule has 4 heteroatoms. The summed E-state index contributed by atoms with van der Waals surface area (Å²) in [6.07, 6.45) is 1.30. The minimum atomic E-state index is -0.523. The summed E-state index contributed by atoms with van der Waals surface area (Å²) in [6, 6.07) is 5.93. The van der Waals surface area contributed by atoms with E-state index >= 15 is 0 Å². The molecule has 104 valence electrons. The third kappa shape index (κ3) is 3.26. The van der Waals surface area contributed by atoms with Crippen molar-refractivity contribution in [3.63, 3.8) is 0 Å². The van der Waals surface area contributed by atoms with E-state index in [0.29, 0.717) is 25.9 Å². The molecule has 0 aromatic heterocycles. The number of aliphatic hydroxyl groups is 1. The highest BCUT2D eigenvalue weighted by atomic mass is 16.5. The Hall–Kier alpha value is -1.55. The van der Waals surface area contributed by atoms with Crippen LogP contribution in [0.4, 0.5) is 0 Å². The average Bonchev–Trinajstić information content (AvgIpc) is 2.58. The molecule has 1 heterocycles. The number of carbonyl (C=O) groups excluding carboxylic acids is 1. The highest BCUT2D eigenvalue weighted by molar-refractivity contribution is 5.47. The van der Waals surface area contributed by atoms with Crippen molar-refractivity contribution in [1.29, 1.82) is 0 Å². The minimum Gasteiger partial charge on any atom is -0.487 e. The molecule has 1 aliphatic rings. The summed E-state index contributed by atoms with van der Waals surface area (Å²) in [5.41, 5.74) is 2.28. The van der Waals surface area contributed by atoms with Crippen molar-refractivity contribution in [1.82, 2.24) is 4.90 Å². The lowest BCUT2D eigenvalue weighted by Crippen LogP contribution is -2.31. The van der Waals surface area contributed by atoms with Crippen LogP contribution in [0, 0.1) is 13.8 Å². The monoisotopic (exact) mass is 263 g/mol. The molecular weight excluding hydrogens is 242 g/mol. The summed E-state index contributed by atoms with van der Waals surface area (Å²) < 4.78 is 5.96. The van der Waals surface area contributed by atoms with E-state index in [0.717, 1.165) is 17.7 Å². The van der Waals surface area contributed by atoms with E-state index in [1.54, 1.807) is 4.90 Å². The van der Waals surface area contributed by atoms with Gasteiger partial charge < -0.3 is 14.7 Å². The van der Waals surface area contributed by atoms with Gasteiger partial charge >= 0.3 is 0 Å². The Morgan fingerprint density at radius 3 is 2.79 bits per heavy atom. The van der Waals surface area contributed by atoms with Gasteiger partial charge in [-0.15, -0.1) is 0 Å². The Morgan fingerprint density at radius 1 is 1.32 bits per heavy atom. The number of hydrogen-bond acceptors (Lipinski definition) is 3. The van der Waals surface area contributed by atoms with Gasteiger partial charge in [-0.1, -0.05) is 12.1 Å². The quantitative estimate of drug-likeness (QED) is 0.844. The molecule has 0 radical (unpaired) electrons. The van der Waals surface area contributed by atoms with Crippen molar-refractivity contribution in [2.45, 2.75) is 38.9 Å². The van der Waals surface area contributed by atoms with Gasteiger partial charge in [-0.25, -0.2) is 0 Å². The van der Waals surface area contributed by atoms with E-state index in [-0.39, 0.29) is 6.10 Å². The van der Waals surface area contributed by atoms with Crippen molar-refractivity contribution >= 4 is 6.41 Å². The number of benzene rings is 1. The Morgan fingerprint density at radius 2 is 2.05 bits per heavy atom. The summed E-state index contributed by atoms with van der Waals surface area (Å²) >= 11 is 0. The zero-order valence-electron chi connectivity index (χ0n) is 11.5. The largest absolute Gasteiger partial charge is 0.487 e. The minimum absolute atomic E-state index is 0.245. The molecule has 1 saturated heterocycles. The molecule has 1 amide bonds. The van der Waals surface area contributed by atoms with Crippen LogP contribution in [0.1, 0.15) is 24.0 Å². The number of likely N-dealkylation sites (tertiary alicyclic amines) is 1. The van der Waals surface area contributed by atoms with E-state index < -0.39 is 6.10 Å². The second kappa shape index (κ2) is 6.06. The number of amides is 1. The molecule has 4 nitrogen and oxygen atoms in total. The molecule has 1 N–H and O–H groups in total. The van der Waals surface area contributed by atoms with Crippen LogP contribution in [-0.2, 0) is 4.79 Å². The van der Waals surface area contributed by atoms with Crippen LogP contribution in [0.2, 0.25) is 0 Å². The number of aryl methyl sites for hydroxylation is 1. The van der Waals surface area contributed by atoms with E-state index in [2.05, 4.69) is 0 Å². The number of nitrogens with zero attached hydrogens (tertiary/aromatic N) is 1. The standard InChI is InChI=1S/C15H21NO3/c1-11-4-3-5-14(12(11)2)19-15-7-9-16(10-17)8-6-13(15)18/h3-5,10,13,15,18H,6-9H2,1-2H3. The fraction of sp³-hybridized carbons (Fsp3) is 0.533. The molecule has 19 heavy (non-hydrogen) atoms. The van der Waals surface area contributed by atoms with E-state index in [9.17, 15) is 9.90 Å². The molecule has 1 aromatic rings. The van der Waals surface area contributed by atoms with Crippen LogP contribution >= 0.6 is 0 Å². The SMILES string of the molecule is Cc1cccc(OC2CCN(C=O)CCC2O)c1C. The van der Waals surface area contributed by atoms with Gasteiger partial charge in [-0.2, -0.15) is 0 Å². The predicted molar refractivity (Wildman–Crippen MR) is 73.2 cm³/mol. The van der Waals surface area contributed by atoms with Crippen LogP contribution in [0.3, 0.4) is 0 Å². The van der Waals surface area contributed by atoms with E-state index in [4.69, 9.17) is 4.74 Å². The summed E-state index contributed by atoms with van der Waals surface area (Å²) in [5.74, 6) is 0.823. The molecule has 0 bridgehead atoms. The Bertz CT molecular complexity index is 447. The van der Waals surface area contributed by atoms with Gasteiger partial charge in [0.05, 0.1) is 6.10 Å². The van der Waals surface area contributed by atoms with Crippen molar-refractivity contribution in [3.8, 4) is 5.75 Å². The normalized spacial score (nSPS) is 23.8. The lowest BCUT2D eigenvalue weighted by molar-refractivity contribution is -0.118. The van der Waals surface area contributed by atoms with Crippen molar-refractivity contribution in [2.75, 3.05) is 13.1 Å². The molecule has 2 unspecified atom stereocenters. The third-order valence-electron chi connectivity index (χ3n) is 3.82. The fourth-order valence-corrected chi connectivity index (χ4v) is 2.34. The van der Waals surface area contributed by atoms with Crippen LogP contribution < -0.4 is 4.74 Å². The first-order chi connectivity index (χ1) is 9.11. The van der Waals surface area contributed by atoms with Gasteiger partial charge in [-0.3, -0.25) is 4.79 Å².